The average Bonchev–Trinajstić information content (AvgIpc) is 2.58. The summed E-state index contributed by atoms with van der Waals surface area (Å²) in [4.78, 5) is 0. The molecule has 0 aromatic heterocycles. The summed E-state index contributed by atoms with van der Waals surface area (Å²) in [5, 5.41) is 4.71. The van der Waals surface area contributed by atoms with E-state index in [-0.39, 0.29) is 6.04 Å². The number of hydrogen-bond donors (Lipinski definition) is 1. The van der Waals surface area contributed by atoms with Gasteiger partial charge in [0.1, 0.15) is 0 Å². The predicted octanol–water partition coefficient (Wildman–Crippen LogP) is 4.87. The Bertz CT molecular complexity index is 682. The number of benzene rings is 2. The number of nitrogens with one attached hydrogen (secondary N) is 1. The van der Waals surface area contributed by atoms with Crippen LogP contribution in [0.1, 0.15) is 24.1 Å². The number of methoxy groups -OCH3 is 3. The highest BCUT2D eigenvalue weighted by Crippen LogP contribution is 2.38. The van der Waals surface area contributed by atoms with E-state index in [4.69, 9.17) is 37.4 Å². The number of halogens is 2. The van der Waals surface area contributed by atoms with Crippen LogP contribution in [0.4, 0.5) is 0 Å². The van der Waals surface area contributed by atoms with E-state index >= 15 is 0 Å². The molecule has 0 bridgehead atoms. The van der Waals surface area contributed by atoms with E-state index in [1.54, 1.807) is 27.4 Å². The number of rotatable bonds is 7. The summed E-state index contributed by atoms with van der Waals surface area (Å²) < 4.78 is 16.1. The molecule has 2 aromatic carbocycles. The predicted molar refractivity (Wildman–Crippen MR) is 97.8 cm³/mol. The van der Waals surface area contributed by atoms with Crippen molar-refractivity contribution in [3.63, 3.8) is 0 Å². The molecule has 2 rings (SSSR count). The first-order chi connectivity index (χ1) is 11.5. The molecule has 0 unspecified atom stereocenters. The minimum atomic E-state index is 0.0638. The molecule has 0 amide bonds. The summed E-state index contributed by atoms with van der Waals surface area (Å²) in [6, 6.07) is 9.41. The number of ether oxygens (including phenoxy) is 3. The van der Waals surface area contributed by atoms with Crippen molar-refractivity contribution < 1.29 is 14.2 Å². The van der Waals surface area contributed by atoms with Gasteiger partial charge in [-0.2, -0.15) is 0 Å². The molecule has 1 atom stereocenters. The lowest BCUT2D eigenvalue weighted by Gasteiger charge is -2.18. The Morgan fingerprint density at radius 1 is 0.958 bits per heavy atom. The first-order valence-corrected chi connectivity index (χ1v) is 8.23. The maximum atomic E-state index is 6.26. The zero-order valence-electron chi connectivity index (χ0n) is 14.2. The SMILES string of the molecule is COc1cc(CN[C@@H](C)c2ccc(Cl)cc2Cl)cc(OC)c1OC. The van der Waals surface area contributed by atoms with Gasteiger partial charge in [0, 0.05) is 22.6 Å². The van der Waals surface area contributed by atoms with Gasteiger partial charge >= 0.3 is 0 Å². The van der Waals surface area contributed by atoms with E-state index < -0.39 is 0 Å². The van der Waals surface area contributed by atoms with Gasteiger partial charge < -0.3 is 19.5 Å². The Labute approximate surface area is 152 Å². The highest BCUT2D eigenvalue weighted by atomic mass is 35.5. The Balaban J connectivity index is 2.16. The maximum Gasteiger partial charge on any atom is 0.203 e. The van der Waals surface area contributed by atoms with Crippen LogP contribution in [0.3, 0.4) is 0 Å². The van der Waals surface area contributed by atoms with Crippen molar-refractivity contribution in [2.45, 2.75) is 19.5 Å². The lowest BCUT2D eigenvalue weighted by Crippen LogP contribution is -2.18. The zero-order chi connectivity index (χ0) is 17.7. The average molecular weight is 370 g/mol. The second-order valence-corrected chi connectivity index (χ2v) is 6.15. The third kappa shape index (κ3) is 4.26. The fourth-order valence-electron chi connectivity index (χ4n) is 2.47. The van der Waals surface area contributed by atoms with Gasteiger partial charge in [-0.25, -0.2) is 0 Å². The molecule has 6 heteroatoms. The largest absolute Gasteiger partial charge is 0.493 e. The van der Waals surface area contributed by atoms with Crippen molar-refractivity contribution in [1.82, 2.24) is 5.32 Å². The van der Waals surface area contributed by atoms with Gasteiger partial charge in [0.2, 0.25) is 5.75 Å². The van der Waals surface area contributed by atoms with Crippen molar-refractivity contribution in [3.8, 4) is 17.2 Å². The number of hydrogen-bond acceptors (Lipinski definition) is 4. The van der Waals surface area contributed by atoms with Crippen LogP contribution in [0.5, 0.6) is 17.2 Å². The molecule has 130 valence electrons. The Morgan fingerprint density at radius 3 is 2.08 bits per heavy atom. The standard InChI is InChI=1S/C18H21Cl2NO3/c1-11(14-6-5-13(19)9-15(14)20)21-10-12-7-16(22-2)18(24-4)17(8-12)23-3/h5-9,11,21H,10H2,1-4H3/t11-/m0/s1. The summed E-state index contributed by atoms with van der Waals surface area (Å²) in [5.41, 5.74) is 2.01. The zero-order valence-corrected chi connectivity index (χ0v) is 15.7. The molecule has 0 saturated carbocycles. The molecule has 0 aliphatic rings. The summed E-state index contributed by atoms with van der Waals surface area (Å²) in [7, 11) is 4.79. The maximum absolute atomic E-state index is 6.26. The summed E-state index contributed by atoms with van der Waals surface area (Å²) >= 11 is 12.2. The van der Waals surface area contributed by atoms with E-state index in [0.717, 1.165) is 11.1 Å². The van der Waals surface area contributed by atoms with Gasteiger partial charge in [0.25, 0.3) is 0 Å². The molecule has 0 saturated heterocycles. The summed E-state index contributed by atoms with van der Waals surface area (Å²) in [5.74, 6) is 1.84. The fraction of sp³-hybridized carbons (Fsp3) is 0.333. The van der Waals surface area contributed by atoms with Crippen LogP contribution in [0.15, 0.2) is 30.3 Å². The minimum Gasteiger partial charge on any atom is -0.493 e. The smallest absolute Gasteiger partial charge is 0.203 e. The molecule has 0 fully saturated rings. The van der Waals surface area contributed by atoms with E-state index in [2.05, 4.69) is 5.32 Å². The van der Waals surface area contributed by atoms with Crippen LogP contribution >= 0.6 is 23.2 Å². The van der Waals surface area contributed by atoms with Crippen molar-refractivity contribution >= 4 is 23.2 Å². The highest BCUT2D eigenvalue weighted by Gasteiger charge is 2.14. The molecule has 2 aromatic rings. The van der Waals surface area contributed by atoms with Crippen LogP contribution in [0, 0.1) is 0 Å². The molecule has 0 aliphatic heterocycles. The van der Waals surface area contributed by atoms with Crippen LogP contribution in [-0.4, -0.2) is 21.3 Å². The molecule has 0 radical (unpaired) electrons. The van der Waals surface area contributed by atoms with Crippen LogP contribution in [0.25, 0.3) is 0 Å². The second kappa shape index (κ2) is 8.47. The Morgan fingerprint density at radius 2 is 1.58 bits per heavy atom. The normalized spacial score (nSPS) is 11.9. The lowest BCUT2D eigenvalue weighted by atomic mass is 10.1. The van der Waals surface area contributed by atoms with E-state index in [9.17, 15) is 0 Å². The molecule has 24 heavy (non-hydrogen) atoms. The molecule has 4 nitrogen and oxygen atoms in total. The van der Waals surface area contributed by atoms with E-state index in [1.807, 2.05) is 31.2 Å². The highest BCUT2D eigenvalue weighted by molar-refractivity contribution is 6.35. The van der Waals surface area contributed by atoms with Crippen LogP contribution in [0.2, 0.25) is 10.0 Å². The molecule has 0 spiro atoms. The first kappa shape index (κ1) is 18.7. The van der Waals surface area contributed by atoms with Gasteiger partial charge in [-0.05, 0) is 42.3 Å². The quantitative estimate of drug-likeness (QED) is 0.755. The fourth-order valence-corrected chi connectivity index (χ4v) is 3.04. The second-order valence-electron chi connectivity index (χ2n) is 5.30. The van der Waals surface area contributed by atoms with Gasteiger partial charge in [0.15, 0.2) is 11.5 Å². The first-order valence-electron chi connectivity index (χ1n) is 7.47. The Kier molecular flexibility index (Phi) is 6.60. The van der Waals surface area contributed by atoms with Crippen molar-refractivity contribution in [2.24, 2.45) is 0 Å². The molecular formula is C18H21Cl2NO3. The van der Waals surface area contributed by atoms with Crippen molar-refractivity contribution in [2.75, 3.05) is 21.3 Å². The topological polar surface area (TPSA) is 39.7 Å². The van der Waals surface area contributed by atoms with Crippen molar-refractivity contribution in [1.29, 1.82) is 0 Å². The molecular weight excluding hydrogens is 349 g/mol. The van der Waals surface area contributed by atoms with Crippen molar-refractivity contribution in [3.05, 3.63) is 51.5 Å². The van der Waals surface area contributed by atoms with Gasteiger partial charge in [-0.3, -0.25) is 0 Å². The van der Waals surface area contributed by atoms with E-state index in [0.29, 0.717) is 33.8 Å². The van der Waals surface area contributed by atoms with Gasteiger partial charge in [0.05, 0.1) is 21.3 Å². The molecule has 1 N–H and O–H groups in total. The van der Waals surface area contributed by atoms with E-state index in [1.165, 1.54) is 0 Å². The minimum absolute atomic E-state index is 0.0638. The third-order valence-corrected chi connectivity index (χ3v) is 4.33. The van der Waals surface area contributed by atoms with Gasteiger partial charge in [-0.1, -0.05) is 29.3 Å². The van der Waals surface area contributed by atoms with Crippen LogP contribution < -0.4 is 19.5 Å². The molecule has 0 aliphatic carbocycles. The third-order valence-electron chi connectivity index (χ3n) is 3.77. The Hall–Kier alpha value is -1.62. The summed E-state index contributed by atoms with van der Waals surface area (Å²) in [6.45, 7) is 2.67. The lowest BCUT2D eigenvalue weighted by molar-refractivity contribution is 0.323. The van der Waals surface area contributed by atoms with Gasteiger partial charge in [-0.15, -0.1) is 0 Å². The van der Waals surface area contributed by atoms with Crippen LogP contribution in [-0.2, 0) is 6.54 Å². The monoisotopic (exact) mass is 369 g/mol. The molecule has 0 heterocycles. The summed E-state index contributed by atoms with van der Waals surface area (Å²) in [6.07, 6.45) is 0.